The molecule has 0 radical (unpaired) electrons. The number of methoxy groups -OCH3 is 1. The third-order valence-corrected chi connectivity index (χ3v) is 3.49. The summed E-state index contributed by atoms with van der Waals surface area (Å²) in [5.41, 5.74) is 8.41. The maximum atomic E-state index is 11.5. The molecule has 5 N–H and O–H groups in total. The molecule has 0 spiro atoms. The zero-order valence-corrected chi connectivity index (χ0v) is 10.8. The Hall–Kier alpha value is -0.950. The summed E-state index contributed by atoms with van der Waals surface area (Å²) in [4.78, 5) is 12.2. The van der Waals surface area contributed by atoms with Crippen molar-refractivity contribution in [1.82, 2.24) is 5.43 Å². The van der Waals surface area contributed by atoms with Crippen LogP contribution in [0.25, 0.3) is 0 Å². The molecule has 1 aromatic carbocycles. The van der Waals surface area contributed by atoms with Gasteiger partial charge in [0.05, 0.1) is 6.61 Å². The molecule has 1 rings (SSSR count). The van der Waals surface area contributed by atoms with Crippen LogP contribution >= 0.6 is 23.4 Å². The van der Waals surface area contributed by atoms with Crippen LogP contribution in [0.1, 0.15) is 0 Å². The van der Waals surface area contributed by atoms with Gasteiger partial charge >= 0.3 is 0 Å². The van der Waals surface area contributed by atoms with E-state index in [0.717, 1.165) is 4.90 Å². The van der Waals surface area contributed by atoms with Gasteiger partial charge in [-0.25, -0.2) is 5.84 Å². The van der Waals surface area contributed by atoms with E-state index in [9.17, 15) is 4.79 Å². The topological polar surface area (TPSA) is 90.4 Å². The van der Waals surface area contributed by atoms with Crippen molar-refractivity contribution in [1.29, 1.82) is 0 Å². The van der Waals surface area contributed by atoms with E-state index in [1.165, 1.54) is 18.9 Å². The Balaban J connectivity index is 2.82. The van der Waals surface area contributed by atoms with Crippen LogP contribution in [0.4, 0.5) is 5.69 Å². The normalized spacial score (nSPS) is 12.2. The second-order valence-electron chi connectivity index (χ2n) is 3.25. The highest BCUT2D eigenvalue weighted by atomic mass is 35.5. The fourth-order valence-electron chi connectivity index (χ4n) is 1.19. The molecule has 0 heterocycles. The van der Waals surface area contributed by atoms with Gasteiger partial charge in [0.15, 0.2) is 0 Å². The number of ether oxygens (including phenoxy) is 1. The Morgan fingerprint density at radius 1 is 1.65 bits per heavy atom. The Bertz CT molecular complexity index is 403. The first-order valence-corrected chi connectivity index (χ1v) is 6.05. The molecule has 0 aliphatic rings. The van der Waals surface area contributed by atoms with Crippen molar-refractivity contribution >= 4 is 35.0 Å². The van der Waals surface area contributed by atoms with E-state index < -0.39 is 5.25 Å². The molecule has 0 fully saturated rings. The van der Waals surface area contributed by atoms with Gasteiger partial charge in [0.1, 0.15) is 5.25 Å². The lowest BCUT2D eigenvalue weighted by atomic mass is 10.3. The zero-order chi connectivity index (χ0) is 12.8. The predicted octanol–water partition coefficient (Wildman–Crippen LogP) is 1.02. The van der Waals surface area contributed by atoms with Gasteiger partial charge < -0.3 is 10.5 Å². The molecule has 17 heavy (non-hydrogen) atoms. The third-order valence-electron chi connectivity index (χ3n) is 1.99. The van der Waals surface area contributed by atoms with Crippen LogP contribution in [-0.4, -0.2) is 24.9 Å². The standard InChI is InChI=1S/C10H14ClN3O2S/c1-16-5-9(10(15)14-13)17-8-3-2-6(11)4-7(8)12/h2-4,9H,5,12-13H2,1H3,(H,14,15). The number of nitrogen functional groups attached to an aromatic ring is 1. The first-order valence-electron chi connectivity index (χ1n) is 4.79. The summed E-state index contributed by atoms with van der Waals surface area (Å²) >= 11 is 7.07. The number of hydrogen-bond donors (Lipinski definition) is 3. The number of benzene rings is 1. The monoisotopic (exact) mass is 275 g/mol. The number of nitrogens with two attached hydrogens (primary N) is 2. The van der Waals surface area contributed by atoms with E-state index in [4.69, 9.17) is 27.9 Å². The van der Waals surface area contributed by atoms with Crippen molar-refractivity contribution in [2.45, 2.75) is 10.1 Å². The molecule has 7 heteroatoms. The van der Waals surface area contributed by atoms with Crippen LogP contribution < -0.4 is 17.0 Å². The number of carbonyl (C=O) groups is 1. The fraction of sp³-hybridized carbons (Fsp3) is 0.300. The van der Waals surface area contributed by atoms with Crippen LogP contribution in [-0.2, 0) is 9.53 Å². The molecule has 1 unspecified atom stereocenters. The maximum Gasteiger partial charge on any atom is 0.249 e. The van der Waals surface area contributed by atoms with Crippen LogP contribution in [0.5, 0.6) is 0 Å². The average Bonchev–Trinajstić information content (AvgIpc) is 2.30. The lowest BCUT2D eigenvalue weighted by Crippen LogP contribution is -2.39. The molecule has 1 atom stereocenters. The quantitative estimate of drug-likeness (QED) is 0.245. The van der Waals surface area contributed by atoms with Gasteiger partial charge in [-0.15, -0.1) is 11.8 Å². The molecule has 1 amide bonds. The summed E-state index contributed by atoms with van der Waals surface area (Å²) in [6.07, 6.45) is 0. The number of amides is 1. The largest absolute Gasteiger partial charge is 0.398 e. The molecule has 0 aliphatic heterocycles. The van der Waals surface area contributed by atoms with Crippen molar-refractivity contribution in [2.24, 2.45) is 5.84 Å². The summed E-state index contributed by atoms with van der Waals surface area (Å²) in [7, 11) is 1.52. The van der Waals surface area contributed by atoms with Gasteiger partial charge in [-0.05, 0) is 18.2 Å². The van der Waals surface area contributed by atoms with Gasteiger partial charge in [0.2, 0.25) is 5.91 Å². The summed E-state index contributed by atoms with van der Waals surface area (Å²) < 4.78 is 4.96. The van der Waals surface area contributed by atoms with E-state index in [-0.39, 0.29) is 12.5 Å². The van der Waals surface area contributed by atoms with E-state index in [0.29, 0.717) is 10.7 Å². The number of halogens is 1. The molecule has 0 aromatic heterocycles. The van der Waals surface area contributed by atoms with Crippen LogP contribution in [0, 0.1) is 0 Å². The van der Waals surface area contributed by atoms with E-state index in [1.807, 2.05) is 0 Å². The lowest BCUT2D eigenvalue weighted by molar-refractivity contribution is -0.121. The summed E-state index contributed by atoms with van der Waals surface area (Å²) in [5, 5.41) is 0.104. The van der Waals surface area contributed by atoms with Crippen LogP contribution in [0.3, 0.4) is 0 Å². The highest BCUT2D eigenvalue weighted by Crippen LogP contribution is 2.31. The number of carbonyl (C=O) groups excluding carboxylic acids is 1. The average molecular weight is 276 g/mol. The molecule has 0 bridgehead atoms. The number of hydrazine groups is 1. The van der Waals surface area contributed by atoms with E-state index >= 15 is 0 Å². The first kappa shape index (κ1) is 14.1. The summed E-state index contributed by atoms with van der Waals surface area (Å²) in [5.74, 6) is 4.78. The predicted molar refractivity (Wildman–Crippen MR) is 69.7 cm³/mol. The highest BCUT2D eigenvalue weighted by molar-refractivity contribution is 8.00. The lowest BCUT2D eigenvalue weighted by Gasteiger charge is -2.15. The van der Waals surface area contributed by atoms with Gasteiger partial charge in [-0.2, -0.15) is 0 Å². The Morgan fingerprint density at radius 3 is 2.88 bits per heavy atom. The van der Waals surface area contributed by atoms with Gasteiger partial charge in [0, 0.05) is 22.7 Å². The molecule has 1 aromatic rings. The summed E-state index contributed by atoms with van der Waals surface area (Å²) in [6, 6.07) is 5.10. The van der Waals surface area contributed by atoms with Gasteiger partial charge in [0.25, 0.3) is 0 Å². The molecule has 0 saturated carbocycles. The molecule has 0 saturated heterocycles. The van der Waals surface area contributed by atoms with Crippen molar-refractivity contribution < 1.29 is 9.53 Å². The number of rotatable bonds is 5. The SMILES string of the molecule is COCC(Sc1ccc(Cl)cc1N)C(=O)NN. The first-order chi connectivity index (χ1) is 8.08. The third kappa shape index (κ3) is 4.08. The van der Waals surface area contributed by atoms with Crippen LogP contribution in [0.15, 0.2) is 23.1 Å². The Kier molecular flexibility index (Phi) is 5.57. The molecular formula is C10H14ClN3O2S. The number of anilines is 1. The summed E-state index contributed by atoms with van der Waals surface area (Å²) in [6.45, 7) is 0.246. The molecular weight excluding hydrogens is 262 g/mol. The number of nitrogens with one attached hydrogen (secondary N) is 1. The minimum absolute atomic E-state index is 0.246. The van der Waals surface area contributed by atoms with Crippen molar-refractivity contribution in [2.75, 3.05) is 19.5 Å². The molecule has 94 valence electrons. The molecule has 5 nitrogen and oxygen atoms in total. The molecule has 0 aliphatic carbocycles. The smallest absolute Gasteiger partial charge is 0.249 e. The fourth-order valence-corrected chi connectivity index (χ4v) is 2.40. The Labute approximate surface area is 109 Å². The highest BCUT2D eigenvalue weighted by Gasteiger charge is 2.19. The minimum atomic E-state index is -0.450. The van der Waals surface area contributed by atoms with Crippen molar-refractivity contribution in [3.05, 3.63) is 23.2 Å². The zero-order valence-electron chi connectivity index (χ0n) is 9.27. The second kappa shape index (κ2) is 6.70. The number of thioether (sulfide) groups is 1. The van der Waals surface area contributed by atoms with Gasteiger partial charge in [-0.3, -0.25) is 10.2 Å². The minimum Gasteiger partial charge on any atom is -0.398 e. The Morgan fingerprint density at radius 2 is 2.35 bits per heavy atom. The van der Waals surface area contributed by atoms with Crippen molar-refractivity contribution in [3.8, 4) is 0 Å². The second-order valence-corrected chi connectivity index (χ2v) is 4.93. The van der Waals surface area contributed by atoms with Crippen molar-refractivity contribution in [3.63, 3.8) is 0 Å². The number of hydrogen-bond acceptors (Lipinski definition) is 5. The van der Waals surface area contributed by atoms with Crippen LogP contribution in [0.2, 0.25) is 5.02 Å². The van der Waals surface area contributed by atoms with E-state index in [2.05, 4.69) is 5.43 Å². The maximum absolute atomic E-state index is 11.5. The van der Waals surface area contributed by atoms with Gasteiger partial charge in [-0.1, -0.05) is 11.6 Å². The van der Waals surface area contributed by atoms with E-state index in [1.54, 1.807) is 18.2 Å².